The highest BCUT2D eigenvalue weighted by Crippen LogP contribution is 2.46. The SMILES string of the molecule is O=C(O)C(F)(F)F.O=C1CCN(c2cc(C(=O)N3CCC4(CNC4)C(F)(F)C3)ccc2Cl)C(=O)N1. The van der Waals surface area contributed by atoms with Crippen LogP contribution in [-0.4, -0.2) is 78.6 Å². The molecule has 3 fully saturated rings. The summed E-state index contributed by atoms with van der Waals surface area (Å²) in [4.78, 5) is 47.6. The molecule has 3 saturated heterocycles. The van der Waals surface area contributed by atoms with Crippen LogP contribution in [-0.2, 0) is 9.59 Å². The Bertz CT molecular complexity index is 1050. The number of nitrogens with one attached hydrogen (secondary N) is 2. The Labute approximate surface area is 200 Å². The number of benzene rings is 1. The van der Waals surface area contributed by atoms with Gasteiger partial charge in [0.05, 0.1) is 22.7 Å². The first-order valence-corrected chi connectivity index (χ1v) is 10.6. The molecule has 1 aromatic rings. The molecule has 0 saturated carbocycles. The van der Waals surface area contributed by atoms with Gasteiger partial charge in [-0.15, -0.1) is 0 Å². The van der Waals surface area contributed by atoms with Gasteiger partial charge in [0.2, 0.25) is 5.91 Å². The number of amides is 4. The Hall–Kier alpha value is -3.00. The van der Waals surface area contributed by atoms with E-state index in [-0.39, 0.29) is 61.2 Å². The third-order valence-electron chi connectivity index (χ3n) is 6.02. The molecule has 4 rings (SSSR count). The number of aliphatic carboxylic acids is 1. The Morgan fingerprint density at radius 2 is 1.74 bits per heavy atom. The molecule has 0 atom stereocenters. The highest BCUT2D eigenvalue weighted by Gasteiger charge is 2.60. The molecule has 192 valence electrons. The molecule has 15 heteroatoms. The molecule has 3 N–H and O–H groups in total. The minimum absolute atomic E-state index is 0.106. The van der Waals surface area contributed by atoms with Crippen molar-refractivity contribution >= 4 is 41.1 Å². The monoisotopic (exact) mass is 526 g/mol. The molecule has 0 radical (unpaired) electrons. The zero-order valence-corrected chi connectivity index (χ0v) is 18.7. The van der Waals surface area contributed by atoms with E-state index in [1.54, 1.807) is 0 Å². The fourth-order valence-corrected chi connectivity index (χ4v) is 4.10. The summed E-state index contributed by atoms with van der Waals surface area (Å²) in [6.45, 7) is 0.252. The van der Waals surface area contributed by atoms with E-state index in [2.05, 4.69) is 10.6 Å². The summed E-state index contributed by atoms with van der Waals surface area (Å²) in [5, 5.41) is 12.4. The molecule has 9 nitrogen and oxygen atoms in total. The quantitative estimate of drug-likeness (QED) is 0.510. The topological polar surface area (TPSA) is 119 Å². The Balaban J connectivity index is 0.000000429. The van der Waals surface area contributed by atoms with E-state index in [1.807, 2.05) is 0 Å². The van der Waals surface area contributed by atoms with E-state index < -0.39 is 42.0 Å². The lowest BCUT2D eigenvalue weighted by Crippen LogP contribution is -2.69. The van der Waals surface area contributed by atoms with Crippen LogP contribution in [0.4, 0.5) is 32.4 Å². The van der Waals surface area contributed by atoms with Crippen molar-refractivity contribution < 1.29 is 46.2 Å². The van der Waals surface area contributed by atoms with Gasteiger partial charge in [-0.2, -0.15) is 13.2 Å². The van der Waals surface area contributed by atoms with E-state index in [1.165, 1.54) is 23.1 Å². The van der Waals surface area contributed by atoms with Gasteiger partial charge in [0, 0.05) is 38.2 Å². The summed E-state index contributed by atoms with van der Waals surface area (Å²) >= 11 is 6.17. The molecular formula is C20H20ClF5N4O5. The molecule has 3 aliphatic heterocycles. The average molecular weight is 527 g/mol. The van der Waals surface area contributed by atoms with Crippen LogP contribution in [0.3, 0.4) is 0 Å². The van der Waals surface area contributed by atoms with Crippen molar-refractivity contribution in [3.8, 4) is 0 Å². The van der Waals surface area contributed by atoms with Crippen LogP contribution >= 0.6 is 11.6 Å². The number of hydrogen-bond acceptors (Lipinski definition) is 5. The zero-order chi connectivity index (χ0) is 26.2. The number of carboxylic acid groups (broad SMARTS) is 1. The molecule has 1 spiro atoms. The molecule has 35 heavy (non-hydrogen) atoms. The van der Waals surface area contributed by atoms with Crippen molar-refractivity contribution in [1.82, 2.24) is 15.5 Å². The lowest BCUT2D eigenvalue weighted by molar-refractivity contribution is -0.192. The van der Waals surface area contributed by atoms with Crippen LogP contribution in [0, 0.1) is 5.41 Å². The highest BCUT2D eigenvalue weighted by molar-refractivity contribution is 6.34. The first-order chi connectivity index (χ1) is 16.2. The number of halogens is 6. The number of carbonyl (C=O) groups excluding carboxylic acids is 3. The number of nitrogens with zero attached hydrogens (tertiary/aromatic N) is 2. The minimum atomic E-state index is -5.08. The molecule has 3 heterocycles. The van der Waals surface area contributed by atoms with E-state index in [0.29, 0.717) is 0 Å². The Morgan fingerprint density at radius 1 is 1.11 bits per heavy atom. The maximum Gasteiger partial charge on any atom is 0.490 e. The van der Waals surface area contributed by atoms with E-state index in [9.17, 15) is 36.3 Å². The largest absolute Gasteiger partial charge is 0.490 e. The van der Waals surface area contributed by atoms with Crippen molar-refractivity contribution in [2.75, 3.05) is 37.6 Å². The molecule has 0 aromatic heterocycles. The highest BCUT2D eigenvalue weighted by atomic mass is 35.5. The average Bonchev–Trinajstić information content (AvgIpc) is 2.72. The second kappa shape index (κ2) is 9.57. The van der Waals surface area contributed by atoms with Gasteiger partial charge >= 0.3 is 18.2 Å². The Morgan fingerprint density at radius 3 is 2.23 bits per heavy atom. The fraction of sp³-hybridized carbons (Fsp3) is 0.500. The van der Waals surface area contributed by atoms with Gasteiger partial charge in [0.1, 0.15) is 0 Å². The van der Waals surface area contributed by atoms with Crippen molar-refractivity contribution in [2.45, 2.75) is 24.9 Å². The molecule has 3 aliphatic rings. The summed E-state index contributed by atoms with van der Waals surface area (Å²) in [5.41, 5.74) is -0.628. The van der Waals surface area contributed by atoms with Gasteiger partial charge in [-0.1, -0.05) is 11.6 Å². The lowest BCUT2D eigenvalue weighted by atomic mass is 9.70. The number of piperidine rings is 1. The number of urea groups is 1. The van der Waals surface area contributed by atoms with E-state index in [0.717, 1.165) is 4.90 Å². The molecule has 0 aliphatic carbocycles. The van der Waals surface area contributed by atoms with Gasteiger partial charge in [-0.25, -0.2) is 18.4 Å². The van der Waals surface area contributed by atoms with Crippen molar-refractivity contribution in [3.05, 3.63) is 28.8 Å². The number of hydrogen-bond donors (Lipinski definition) is 3. The van der Waals surface area contributed by atoms with Crippen LogP contribution < -0.4 is 15.5 Å². The third-order valence-corrected chi connectivity index (χ3v) is 6.34. The zero-order valence-electron chi connectivity index (χ0n) is 17.9. The van der Waals surface area contributed by atoms with E-state index >= 15 is 0 Å². The standard InChI is InChI=1S/C18H19ClF2N4O3.C2HF3O2/c19-12-2-1-11(7-13(12)25-5-3-14(26)23-16(25)28)15(27)24-6-4-17(8-22-9-17)18(20,21)10-24;3-2(4,5)1(6)7/h1-2,7,22H,3-6,8-10H2,(H,23,26,28);(H,6,7). The van der Waals surface area contributed by atoms with Gasteiger partial charge in [-0.05, 0) is 24.6 Å². The predicted octanol–water partition coefficient (Wildman–Crippen LogP) is 2.49. The van der Waals surface area contributed by atoms with Crippen LogP contribution in [0.2, 0.25) is 5.02 Å². The van der Waals surface area contributed by atoms with Gasteiger partial charge in [0.25, 0.3) is 11.8 Å². The van der Waals surface area contributed by atoms with Crippen LogP contribution in [0.15, 0.2) is 18.2 Å². The first-order valence-electron chi connectivity index (χ1n) is 10.3. The summed E-state index contributed by atoms with van der Waals surface area (Å²) in [6, 6.07) is 3.68. The number of imide groups is 1. The van der Waals surface area contributed by atoms with Crippen molar-refractivity contribution in [2.24, 2.45) is 5.41 Å². The van der Waals surface area contributed by atoms with Gasteiger partial charge in [0.15, 0.2) is 0 Å². The third kappa shape index (κ3) is 5.48. The van der Waals surface area contributed by atoms with Crippen LogP contribution in [0.5, 0.6) is 0 Å². The van der Waals surface area contributed by atoms with Crippen molar-refractivity contribution in [3.63, 3.8) is 0 Å². The van der Waals surface area contributed by atoms with Crippen molar-refractivity contribution in [1.29, 1.82) is 0 Å². The Kier molecular flexibility index (Phi) is 7.27. The van der Waals surface area contributed by atoms with Crippen LogP contribution in [0.25, 0.3) is 0 Å². The molecule has 0 bridgehead atoms. The normalized spacial score (nSPS) is 21.0. The predicted molar refractivity (Wildman–Crippen MR) is 111 cm³/mol. The van der Waals surface area contributed by atoms with E-state index in [4.69, 9.17) is 21.5 Å². The minimum Gasteiger partial charge on any atom is -0.475 e. The summed E-state index contributed by atoms with van der Waals surface area (Å²) in [7, 11) is 0. The number of carboxylic acids is 1. The number of anilines is 1. The smallest absolute Gasteiger partial charge is 0.475 e. The number of alkyl halides is 5. The number of likely N-dealkylation sites (tertiary alicyclic amines) is 1. The first kappa shape index (κ1) is 26.6. The maximum atomic E-state index is 14.6. The summed E-state index contributed by atoms with van der Waals surface area (Å²) in [6.07, 6.45) is -4.75. The molecular weight excluding hydrogens is 507 g/mol. The number of carbonyl (C=O) groups is 4. The molecule has 1 aromatic carbocycles. The number of rotatable bonds is 2. The lowest BCUT2D eigenvalue weighted by Gasteiger charge is -2.52. The van der Waals surface area contributed by atoms with Crippen LogP contribution in [0.1, 0.15) is 23.2 Å². The summed E-state index contributed by atoms with van der Waals surface area (Å²) in [5.74, 6) is -6.64. The second-order valence-corrected chi connectivity index (χ2v) is 8.70. The summed E-state index contributed by atoms with van der Waals surface area (Å²) < 4.78 is 60.9. The molecule has 4 amide bonds. The fourth-order valence-electron chi connectivity index (χ4n) is 3.88. The van der Waals surface area contributed by atoms with Gasteiger partial charge in [-0.3, -0.25) is 19.8 Å². The molecule has 0 unspecified atom stereocenters. The second-order valence-electron chi connectivity index (χ2n) is 8.29. The maximum absolute atomic E-state index is 14.6. The van der Waals surface area contributed by atoms with Gasteiger partial charge < -0.3 is 15.3 Å².